The van der Waals surface area contributed by atoms with Crippen molar-refractivity contribution in [1.29, 1.82) is 0 Å². The second-order valence-electron chi connectivity index (χ2n) is 5.40. The third-order valence-electron chi connectivity index (χ3n) is 3.96. The van der Waals surface area contributed by atoms with Crippen LogP contribution < -0.4 is 5.32 Å². The Hall–Kier alpha value is -0.360. The van der Waals surface area contributed by atoms with Crippen molar-refractivity contribution in [3.05, 3.63) is 0 Å². The molecule has 0 aliphatic carbocycles. The number of hydrogen-bond donors (Lipinski definition) is 7. The highest BCUT2D eigenvalue weighted by molar-refractivity contribution is 4.92. The topological polar surface area (TPSA) is 152 Å². The maximum atomic E-state index is 9.95. The fourth-order valence-corrected chi connectivity index (χ4v) is 2.65. The van der Waals surface area contributed by atoms with Crippen molar-refractivity contribution in [1.82, 2.24) is 5.32 Å². The largest absolute Gasteiger partial charge is 0.395 e. The van der Waals surface area contributed by atoms with Gasteiger partial charge in [-0.15, -0.1) is 0 Å². The normalized spacial score (nSPS) is 48.3. The van der Waals surface area contributed by atoms with Crippen molar-refractivity contribution < 1.29 is 40.1 Å². The minimum absolute atomic E-state index is 0.279. The maximum Gasteiger partial charge on any atom is 0.187 e. The van der Waals surface area contributed by atoms with E-state index in [-0.39, 0.29) is 6.61 Å². The number of aliphatic hydroxyl groups excluding tert-OH is 6. The highest BCUT2D eigenvalue weighted by Crippen LogP contribution is 2.25. The number of hydrogen-bond acceptors (Lipinski definition) is 9. The molecule has 0 saturated carbocycles. The molecule has 8 atom stereocenters. The Morgan fingerprint density at radius 1 is 1.00 bits per heavy atom. The lowest BCUT2D eigenvalue weighted by molar-refractivity contribution is -0.321. The number of ether oxygens (including phenoxy) is 2. The van der Waals surface area contributed by atoms with Crippen LogP contribution in [0.2, 0.25) is 0 Å². The average molecular weight is 309 g/mol. The molecule has 9 nitrogen and oxygen atoms in total. The van der Waals surface area contributed by atoms with Crippen LogP contribution in [0, 0.1) is 0 Å². The molecule has 2 aliphatic rings. The van der Waals surface area contributed by atoms with Crippen molar-refractivity contribution >= 4 is 0 Å². The van der Waals surface area contributed by atoms with Gasteiger partial charge in [-0.2, -0.15) is 0 Å². The summed E-state index contributed by atoms with van der Waals surface area (Å²) in [5, 5.41) is 60.6. The van der Waals surface area contributed by atoms with E-state index in [1.54, 1.807) is 0 Å². The highest BCUT2D eigenvalue weighted by atomic mass is 16.7. The summed E-state index contributed by atoms with van der Waals surface area (Å²) in [4.78, 5) is 0. The monoisotopic (exact) mass is 309 g/mol. The molecule has 2 heterocycles. The molecule has 2 rings (SSSR count). The van der Waals surface area contributed by atoms with Gasteiger partial charge in [0.2, 0.25) is 0 Å². The summed E-state index contributed by atoms with van der Waals surface area (Å²) < 4.78 is 10.7. The van der Waals surface area contributed by atoms with Crippen LogP contribution in [-0.2, 0) is 9.47 Å². The Balaban J connectivity index is 2.05. The van der Waals surface area contributed by atoms with Gasteiger partial charge in [-0.05, 0) is 13.0 Å². The summed E-state index contributed by atoms with van der Waals surface area (Å²) in [6.45, 7) is -0.320. The van der Waals surface area contributed by atoms with Crippen LogP contribution >= 0.6 is 0 Å². The first-order valence-electron chi connectivity index (χ1n) is 6.98. The predicted molar refractivity (Wildman–Crippen MR) is 68.1 cm³/mol. The Labute approximate surface area is 121 Å². The lowest BCUT2D eigenvalue weighted by atomic mass is 9.97. The van der Waals surface area contributed by atoms with Crippen LogP contribution in [0.1, 0.15) is 6.42 Å². The van der Waals surface area contributed by atoms with Crippen LogP contribution in [0.25, 0.3) is 0 Å². The Morgan fingerprint density at radius 2 is 1.71 bits per heavy atom. The van der Waals surface area contributed by atoms with Gasteiger partial charge in [0.1, 0.15) is 30.5 Å². The molecule has 9 heteroatoms. The molecule has 0 radical (unpaired) electrons. The van der Waals surface area contributed by atoms with E-state index in [1.165, 1.54) is 0 Å². The van der Waals surface area contributed by atoms with Gasteiger partial charge in [0.05, 0.1) is 25.4 Å². The molecule has 0 aromatic carbocycles. The van der Waals surface area contributed by atoms with E-state index in [1.807, 2.05) is 0 Å². The molecular formula is C12H23NO8. The van der Waals surface area contributed by atoms with Crippen molar-refractivity contribution in [2.45, 2.75) is 55.4 Å². The molecule has 0 unspecified atom stereocenters. The van der Waals surface area contributed by atoms with Crippen LogP contribution in [-0.4, -0.2) is 99.4 Å². The first-order chi connectivity index (χ1) is 9.99. The lowest BCUT2D eigenvalue weighted by Gasteiger charge is -2.43. The van der Waals surface area contributed by atoms with Gasteiger partial charge in [-0.1, -0.05) is 0 Å². The molecule has 2 fully saturated rings. The molecule has 2 aliphatic heterocycles. The maximum absolute atomic E-state index is 9.95. The number of nitrogens with one attached hydrogen (secondary N) is 1. The Kier molecular flexibility index (Phi) is 5.88. The van der Waals surface area contributed by atoms with Crippen molar-refractivity contribution in [2.24, 2.45) is 0 Å². The van der Waals surface area contributed by atoms with Crippen LogP contribution in [0.5, 0.6) is 0 Å². The van der Waals surface area contributed by atoms with Gasteiger partial charge < -0.3 is 45.4 Å². The summed E-state index contributed by atoms with van der Waals surface area (Å²) in [5.74, 6) is 0. The summed E-state index contributed by atoms with van der Waals surface area (Å²) >= 11 is 0. The third-order valence-corrected chi connectivity index (χ3v) is 3.96. The first kappa shape index (κ1) is 17.0. The second kappa shape index (κ2) is 7.27. The molecule has 0 bridgehead atoms. The van der Waals surface area contributed by atoms with E-state index in [9.17, 15) is 25.5 Å². The zero-order valence-electron chi connectivity index (χ0n) is 11.4. The minimum atomic E-state index is -1.54. The summed E-state index contributed by atoms with van der Waals surface area (Å²) in [6, 6.07) is -0.541. The molecule has 0 spiro atoms. The first-order valence-corrected chi connectivity index (χ1v) is 6.98. The van der Waals surface area contributed by atoms with E-state index in [4.69, 9.17) is 14.6 Å². The molecule has 0 amide bonds. The van der Waals surface area contributed by atoms with E-state index < -0.39 is 55.6 Å². The zero-order chi connectivity index (χ0) is 15.6. The highest BCUT2D eigenvalue weighted by Gasteiger charge is 2.46. The third kappa shape index (κ3) is 3.52. The molecule has 7 N–H and O–H groups in total. The van der Waals surface area contributed by atoms with E-state index >= 15 is 0 Å². The predicted octanol–water partition coefficient (Wildman–Crippen LogP) is -4.11. The van der Waals surface area contributed by atoms with E-state index in [0.29, 0.717) is 13.0 Å². The van der Waals surface area contributed by atoms with Gasteiger partial charge in [0, 0.05) is 0 Å². The van der Waals surface area contributed by atoms with Crippen molar-refractivity contribution in [3.63, 3.8) is 0 Å². The number of piperidine rings is 1. The zero-order valence-corrected chi connectivity index (χ0v) is 11.4. The van der Waals surface area contributed by atoms with E-state index in [0.717, 1.165) is 0 Å². The minimum Gasteiger partial charge on any atom is -0.395 e. The van der Waals surface area contributed by atoms with Gasteiger partial charge in [-0.25, -0.2) is 0 Å². The molecule has 21 heavy (non-hydrogen) atoms. The van der Waals surface area contributed by atoms with Gasteiger partial charge >= 0.3 is 0 Å². The smallest absolute Gasteiger partial charge is 0.187 e. The molecule has 2 saturated heterocycles. The van der Waals surface area contributed by atoms with Crippen LogP contribution in [0.3, 0.4) is 0 Å². The van der Waals surface area contributed by atoms with E-state index in [2.05, 4.69) is 5.32 Å². The second-order valence-corrected chi connectivity index (χ2v) is 5.40. The van der Waals surface area contributed by atoms with Crippen LogP contribution in [0.15, 0.2) is 0 Å². The standard InChI is InChI=1S/C12H23NO8/c14-3-5-11(6(16)1-2-13-5)21-12-10(19)9(18)8(17)7(4-15)20-12/h5-19H,1-4H2/t5-,6-,7-,8-,9+,10-,11+,12+/m1/s1. The van der Waals surface area contributed by atoms with Gasteiger partial charge in [0.15, 0.2) is 6.29 Å². The SMILES string of the molecule is OC[C@H]1NCC[C@@H](O)[C@H]1O[C@@H]1O[C@H](CO)[C@@H](O)[C@H](O)[C@H]1O. The quantitative estimate of drug-likeness (QED) is 0.275. The average Bonchev–Trinajstić information content (AvgIpc) is 2.49. The van der Waals surface area contributed by atoms with Crippen molar-refractivity contribution in [3.8, 4) is 0 Å². The van der Waals surface area contributed by atoms with Gasteiger partial charge in [0.25, 0.3) is 0 Å². The summed E-state index contributed by atoms with van der Waals surface area (Å²) in [6.07, 6.45) is -8.24. The van der Waals surface area contributed by atoms with Crippen molar-refractivity contribution in [2.75, 3.05) is 19.8 Å². The molecule has 124 valence electrons. The number of aliphatic hydroxyl groups is 6. The van der Waals surface area contributed by atoms with Crippen LogP contribution in [0.4, 0.5) is 0 Å². The molecule has 0 aromatic heterocycles. The molecule has 0 aromatic rings. The fourth-order valence-electron chi connectivity index (χ4n) is 2.65. The molecular weight excluding hydrogens is 286 g/mol. The lowest BCUT2D eigenvalue weighted by Crippen LogP contribution is -2.63. The number of rotatable bonds is 4. The Morgan fingerprint density at radius 3 is 2.33 bits per heavy atom. The summed E-state index contributed by atoms with van der Waals surface area (Å²) in [7, 11) is 0. The van der Waals surface area contributed by atoms with Gasteiger partial charge in [-0.3, -0.25) is 0 Å². The Bertz CT molecular complexity index is 330. The summed E-state index contributed by atoms with van der Waals surface area (Å²) in [5.41, 5.74) is 0. The fraction of sp³-hybridized carbons (Fsp3) is 1.00.